The van der Waals surface area contributed by atoms with Crippen molar-refractivity contribution in [2.75, 3.05) is 11.1 Å². The van der Waals surface area contributed by atoms with Gasteiger partial charge in [-0.15, -0.1) is 0 Å². The number of para-hydroxylation sites is 1. The number of thioether (sulfide) groups is 1. The molecule has 0 saturated carbocycles. The number of amides is 1. The molecule has 4 rings (SSSR count). The van der Waals surface area contributed by atoms with Gasteiger partial charge in [-0.1, -0.05) is 41.6 Å². The van der Waals surface area contributed by atoms with Crippen LogP contribution >= 0.6 is 23.4 Å². The summed E-state index contributed by atoms with van der Waals surface area (Å²) in [6.45, 7) is 0. The second-order valence-electron chi connectivity index (χ2n) is 6.20. The van der Waals surface area contributed by atoms with E-state index in [4.69, 9.17) is 17.3 Å². The fraction of sp³-hybridized carbons (Fsp3) is 0.105. The lowest BCUT2D eigenvalue weighted by Crippen LogP contribution is -2.39. The van der Waals surface area contributed by atoms with Crippen LogP contribution in [-0.4, -0.2) is 27.8 Å². The molecule has 0 unspecified atom stereocenters. The first-order chi connectivity index (χ1) is 14.0. The molecule has 0 bridgehead atoms. The molecule has 148 valence electrons. The van der Waals surface area contributed by atoms with Crippen LogP contribution in [0, 0.1) is 5.82 Å². The van der Waals surface area contributed by atoms with E-state index in [-0.39, 0.29) is 22.6 Å². The van der Waals surface area contributed by atoms with E-state index in [0.717, 1.165) is 16.5 Å². The number of H-pyrrole nitrogens is 1. The van der Waals surface area contributed by atoms with Crippen LogP contribution in [-0.2, 0) is 4.79 Å². The number of amidine groups is 1. The molecule has 1 aromatic heterocycles. The van der Waals surface area contributed by atoms with Gasteiger partial charge in [0, 0.05) is 28.4 Å². The number of guanidine groups is 1. The van der Waals surface area contributed by atoms with Crippen LogP contribution in [0.4, 0.5) is 10.1 Å². The number of benzene rings is 2. The zero-order valence-corrected chi connectivity index (χ0v) is 16.5. The van der Waals surface area contributed by atoms with Crippen LogP contribution in [0.25, 0.3) is 10.9 Å². The van der Waals surface area contributed by atoms with Crippen LogP contribution in [0.15, 0.2) is 58.6 Å². The lowest BCUT2D eigenvalue weighted by atomic mass is 10.1. The van der Waals surface area contributed by atoms with Crippen molar-refractivity contribution in [3.05, 3.63) is 65.1 Å². The third-order valence-corrected chi connectivity index (χ3v) is 5.36. The van der Waals surface area contributed by atoms with E-state index >= 15 is 0 Å². The summed E-state index contributed by atoms with van der Waals surface area (Å²) in [5.41, 5.74) is 8.21. The molecule has 3 aromatic rings. The fourth-order valence-electron chi connectivity index (χ4n) is 2.87. The third-order valence-electron chi connectivity index (χ3n) is 4.18. The van der Waals surface area contributed by atoms with Crippen LogP contribution in [0.1, 0.15) is 11.7 Å². The number of nitrogens with one attached hydrogen (secondary N) is 3. The molecule has 1 atom stereocenters. The molecule has 0 spiro atoms. The number of rotatable bonds is 4. The molecule has 0 fully saturated rings. The fourth-order valence-corrected chi connectivity index (χ4v) is 3.74. The highest BCUT2D eigenvalue weighted by Crippen LogP contribution is 2.29. The van der Waals surface area contributed by atoms with Gasteiger partial charge in [0.25, 0.3) is 0 Å². The summed E-state index contributed by atoms with van der Waals surface area (Å²) in [5.74, 6) is -0.525. The maximum atomic E-state index is 13.2. The summed E-state index contributed by atoms with van der Waals surface area (Å²) < 4.78 is 13.2. The van der Waals surface area contributed by atoms with Crippen molar-refractivity contribution in [2.24, 2.45) is 15.7 Å². The Bertz CT molecular complexity index is 1140. The van der Waals surface area contributed by atoms with E-state index in [2.05, 4.69) is 25.6 Å². The highest BCUT2D eigenvalue weighted by atomic mass is 35.5. The molecule has 0 saturated heterocycles. The first kappa shape index (κ1) is 19.3. The van der Waals surface area contributed by atoms with Gasteiger partial charge >= 0.3 is 0 Å². The zero-order chi connectivity index (χ0) is 20.4. The summed E-state index contributed by atoms with van der Waals surface area (Å²) in [4.78, 5) is 24.3. The second kappa shape index (κ2) is 8.14. The molecule has 0 aliphatic carbocycles. The van der Waals surface area contributed by atoms with Crippen molar-refractivity contribution >= 4 is 57.0 Å². The Hall–Kier alpha value is -3.04. The number of anilines is 1. The van der Waals surface area contributed by atoms with Gasteiger partial charge in [-0.2, -0.15) is 0 Å². The molecule has 2 aromatic carbocycles. The molecule has 7 nitrogen and oxygen atoms in total. The Labute approximate surface area is 174 Å². The number of nitrogens with two attached hydrogens (primary N) is 1. The largest absolute Gasteiger partial charge is 0.370 e. The maximum absolute atomic E-state index is 13.2. The first-order valence-electron chi connectivity index (χ1n) is 8.61. The number of carbonyl (C=O) groups excluding carboxylic acids is 1. The minimum atomic E-state index is -0.544. The molecular formula is C19H16ClFN6OS. The lowest BCUT2D eigenvalue weighted by molar-refractivity contribution is -0.113. The number of nitrogens with zero attached hydrogens (tertiary/aromatic N) is 2. The van der Waals surface area contributed by atoms with Gasteiger partial charge in [-0.25, -0.2) is 14.4 Å². The monoisotopic (exact) mass is 430 g/mol. The summed E-state index contributed by atoms with van der Waals surface area (Å²) in [5, 5.41) is 6.97. The maximum Gasteiger partial charge on any atom is 0.234 e. The minimum Gasteiger partial charge on any atom is -0.370 e. The third kappa shape index (κ3) is 4.36. The quantitative estimate of drug-likeness (QED) is 0.507. The zero-order valence-electron chi connectivity index (χ0n) is 14.9. The number of hydrogen-bond donors (Lipinski definition) is 4. The molecule has 1 aliphatic heterocycles. The van der Waals surface area contributed by atoms with Gasteiger partial charge in [0.1, 0.15) is 5.82 Å². The molecule has 5 N–H and O–H groups in total. The van der Waals surface area contributed by atoms with Gasteiger partial charge in [-0.05, 0) is 24.3 Å². The number of aromatic amines is 1. The average molecular weight is 431 g/mol. The highest BCUT2D eigenvalue weighted by Gasteiger charge is 2.20. The summed E-state index contributed by atoms with van der Waals surface area (Å²) in [7, 11) is 0. The van der Waals surface area contributed by atoms with Gasteiger partial charge in [0.2, 0.25) is 5.91 Å². The summed E-state index contributed by atoms with van der Waals surface area (Å²) in [6.07, 6.45) is 1.35. The Kier molecular flexibility index (Phi) is 5.41. The first-order valence-corrected chi connectivity index (χ1v) is 9.98. The summed E-state index contributed by atoms with van der Waals surface area (Å²) in [6, 6.07) is 11.8. The van der Waals surface area contributed by atoms with E-state index < -0.39 is 12.0 Å². The van der Waals surface area contributed by atoms with Crippen molar-refractivity contribution in [1.29, 1.82) is 0 Å². The molecular weight excluding hydrogens is 415 g/mol. The number of halogens is 2. The number of aliphatic imine (C=N–C) groups is 2. The Morgan fingerprint density at radius 2 is 2.10 bits per heavy atom. The van der Waals surface area contributed by atoms with Crippen molar-refractivity contribution in [2.45, 2.75) is 6.17 Å². The minimum absolute atomic E-state index is 0.0562. The summed E-state index contributed by atoms with van der Waals surface area (Å²) >= 11 is 6.92. The number of hydrogen-bond acceptors (Lipinski definition) is 6. The van der Waals surface area contributed by atoms with E-state index in [1.165, 1.54) is 30.0 Å². The van der Waals surface area contributed by atoms with Crippen LogP contribution < -0.4 is 16.4 Å². The van der Waals surface area contributed by atoms with Gasteiger partial charge < -0.3 is 21.4 Å². The molecule has 0 radical (unpaired) electrons. The van der Waals surface area contributed by atoms with Crippen LogP contribution in [0.5, 0.6) is 0 Å². The number of aromatic nitrogens is 1. The molecule has 10 heteroatoms. The van der Waals surface area contributed by atoms with E-state index in [1.807, 2.05) is 30.5 Å². The van der Waals surface area contributed by atoms with Crippen molar-refractivity contribution < 1.29 is 9.18 Å². The Balaban J connectivity index is 1.44. The van der Waals surface area contributed by atoms with Crippen molar-refractivity contribution in [3.8, 4) is 0 Å². The van der Waals surface area contributed by atoms with Crippen LogP contribution in [0.3, 0.4) is 0 Å². The Morgan fingerprint density at radius 1 is 1.28 bits per heavy atom. The SMILES string of the molecule is NC1=N[C@H](c2c[nH]c3ccccc23)N=C(SCC(=O)Nc2ccc(F)c(Cl)c2)N1. The highest BCUT2D eigenvalue weighted by molar-refractivity contribution is 8.14. The predicted octanol–water partition coefficient (Wildman–Crippen LogP) is 3.60. The average Bonchev–Trinajstić information content (AvgIpc) is 3.13. The standard InChI is InChI=1S/C19H16ClFN6OS/c20-13-7-10(5-6-14(13)21)24-16(28)9-29-19-26-17(25-18(22)27-19)12-8-23-15-4-2-1-3-11(12)15/h1-8,17,23H,9H2,(H,24,28)(H3,22,25,26,27)/t17-/m0/s1. The molecule has 1 amide bonds. The lowest BCUT2D eigenvalue weighted by Gasteiger charge is -2.18. The molecule has 29 heavy (non-hydrogen) atoms. The van der Waals surface area contributed by atoms with Gasteiger partial charge in [0.15, 0.2) is 17.3 Å². The van der Waals surface area contributed by atoms with Crippen molar-refractivity contribution in [3.63, 3.8) is 0 Å². The van der Waals surface area contributed by atoms with Gasteiger partial charge in [0.05, 0.1) is 10.8 Å². The van der Waals surface area contributed by atoms with E-state index in [9.17, 15) is 9.18 Å². The van der Waals surface area contributed by atoms with Crippen LogP contribution in [0.2, 0.25) is 5.02 Å². The number of fused-ring (bicyclic) bond motifs is 1. The predicted molar refractivity (Wildman–Crippen MR) is 116 cm³/mol. The van der Waals surface area contributed by atoms with Gasteiger partial charge in [-0.3, -0.25) is 4.79 Å². The number of carbonyl (C=O) groups is 1. The second-order valence-corrected chi connectivity index (χ2v) is 7.57. The molecule has 1 aliphatic rings. The van der Waals surface area contributed by atoms with E-state index in [1.54, 1.807) is 0 Å². The van der Waals surface area contributed by atoms with Crippen molar-refractivity contribution in [1.82, 2.24) is 10.3 Å². The normalized spacial score (nSPS) is 16.1. The Morgan fingerprint density at radius 3 is 2.93 bits per heavy atom. The van der Waals surface area contributed by atoms with E-state index in [0.29, 0.717) is 10.9 Å². The smallest absolute Gasteiger partial charge is 0.234 e. The topological polar surface area (TPSA) is 108 Å². The molecule has 2 heterocycles.